The molecular weight excluding hydrogens is 280 g/mol. The van der Waals surface area contributed by atoms with Gasteiger partial charge in [-0.25, -0.2) is 4.79 Å². The molecule has 0 spiro atoms. The van der Waals surface area contributed by atoms with E-state index in [1.807, 2.05) is 51.1 Å². The fourth-order valence-corrected chi connectivity index (χ4v) is 2.36. The molecule has 1 N–H and O–H groups in total. The van der Waals surface area contributed by atoms with Crippen LogP contribution in [-0.2, 0) is 4.74 Å². The van der Waals surface area contributed by atoms with Crippen molar-refractivity contribution in [1.29, 1.82) is 0 Å². The van der Waals surface area contributed by atoms with Gasteiger partial charge in [0.25, 0.3) is 0 Å². The number of likely N-dealkylation sites (tertiary alicyclic amines) is 1. The SMILES string of the molecule is CC(C)(C)OC(=O)N1CC[C@H]1c1nnc(-c2ccccc2)[nH]1. The molecule has 0 aliphatic carbocycles. The zero-order chi connectivity index (χ0) is 15.7. The van der Waals surface area contributed by atoms with Gasteiger partial charge < -0.3 is 9.72 Å². The van der Waals surface area contributed by atoms with Crippen molar-refractivity contribution in [3.05, 3.63) is 36.2 Å². The van der Waals surface area contributed by atoms with E-state index >= 15 is 0 Å². The molecule has 1 fully saturated rings. The van der Waals surface area contributed by atoms with Crippen molar-refractivity contribution in [1.82, 2.24) is 20.1 Å². The van der Waals surface area contributed by atoms with Crippen molar-refractivity contribution in [3.8, 4) is 11.4 Å². The minimum absolute atomic E-state index is 0.0835. The third kappa shape index (κ3) is 2.95. The van der Waals surface area contributed by atoms with Crippen molar-refractivity contribution in [2.45, 2.75) is 38.8 Å². The molecule has 116 valence electrons. The predicted molar refractivity (Wildman–Crippen MR) is 82.1 cm³/mol. The van der Waals surface area contributed by atoms with Crippen LogP contribution < -0.4 is 0 Å². The smallest absolute Gasteiger partial charge is 0.410 e. The van der Waals surface area contributed by atoms with Crippen LogP contribution in [0.4, 0.5) is 4.79 Å². The highest BCUT2D eigenvalue weighted by molar-refractivity contribution is 5.69. The van der Waals surface area contributed by atoms with Crippen molar-refractivity contribution >= 4 is 6.09 Å². The Morgan fingerprint density at radius 2 is 2.00 bits per heavy atom. The maximum atomic E-state index is 12.1. The first-order valence-electron chi connectivity index (χ1n) is 7.42. The molecule has 1 aromatic carbocycles. The van der Waals surface area contributed by atoms with Crippen LogP contribution in [0.2, 0.25) is 0 Å². The lowest BCUT2D eigenvalue weighted by molar-refractivity contribution is -0.00731. The minimum Gasteiger partial charge on any atom is -0.444 e. The maximum absolute atomic E-state index is 12.1. The predicted octanol–water partition coefficient (Wildman–Crippen LogP) is 3.15. The van der Waals surface area contributed by atoms with E-state index in [4.69, 9.17) is 4.74 Å². The van der Waals surface area contributed by atoms with E-state index in [9.17, 15) is 4.79 Å². The first-order chi connectivity index (χ1) is 10.4. The summed E-state index contributed by atoms with van der Waals surface area (Å²) in [6.07, 6.45) is 0.560. The number of carbonyl (C=O) groups excluding carboxylic acids is 1. The van der Waals surface area contributed by atoms with Crippen molar-refractivity contribution in [3.63, 3.8) is 0 Å². The zero-order valence-electron chi connectivity index (χ0n) is 13.0. The van der Waals surface area contributed by atoms with Crippen LogP contribution in [0.5, 0.6) is 0 Å². The molecule has 0 unspecified atom stereocenters. The Labute approximate surface area is 129 Å². The van der Waals surface area contributed by atoms with Gasteiger partial charge in [0.05, 0.1) is 6.04 Å². The standard InChI is InChI=1S/C16H20N4O2/c1-16(2,3)22-15(21)20-10-9-12(20)14-17-13(18-19-14)11-7-5-4-6-8-11/h4-8,12H,9-10H2,1-3H3,(H,17,18,19)/t12-/m0/s1. The van der Waals surface area contributed by atoms with Gasteiger partial charge in [-0.2, -0.15) is 0 Å². The second-order valence-electron chi connectivity index (χ2n) is 6.40. The molecule has 6 nitrogen and oxygen atoms in total. The van der Waals surface area contributed by atoms with E-state index in [0.29, 0.717) is 18.2 Å². The van der Waals surface area contributed by atoms with Gasteiger partial charge in [0.1, 0.15) is 5.60 Å². The van der Waals surface area contributed by atoms with Crippen LogP contribution in [0.1, 0.15) is 39.1 Å². The van der Waals surface area contributed by atoms with E-state index in [2.05, 4.69) is 15.2 Å². The highest BCUT2D eigenvalue weighted by Crippen LogP contribution is 2.33. The van der Waals surface area contributed by atoms with Gasteiger partial charge in [0.15, 0.2) is 11.6 Å². The number of H-pyrrole nitrogens is 1. The number of nitrogens with one attached hydrogen (secondary N) is 1. The van der Waals surface area contributed by atoms with Crippen LogP contribution in [0.3, 0.4) is 0 Å². The van der Waals surface area contributed by atoms with E-state index in [1.165, 1.54) is 0 Å². The summed E-state index contributed by atoms with van der Waals surface area (Å²) < 4.78 is 5.41. The molecule has 1 saturated heterocycles. The number of amides is 1. The molecule has 0 radical (unpaired) electrons. The first-order valence-corrected chi connectivity index (χ1v) is 7.42. The molecular formula is C16H20N4O2. The Balaban J connectivity index is 1.73. The summed E-state index contributed by atoms with van der Waals surface area (Å²) in [4.78, 5) is 17.0. The fraction of sp³-hybridized carbons (Fsp3) is 0.438. The Morgan fingerprint density at radius 1 is 1.27 bits per heavy atom. The molecule has 2 aromatic rings. The summed E-state index contributed by atoms with van der Waals surface area (Å²) in [7, 11) is 0. The van der Waals surface area contributed by atoms with Crippen LogP contribution in [0.25, 0.3) is 11.4 Å². The Kier molecular flexibility index (Phi) is 3.60. The van der Waals surface area contributed by atoms with E-state index in [-0.39, 0.29) is 12.1 Å². The molecule has 3 rings (SSSR count). The lowest BCUT2D eigenvalue weighted by atomic mass is 10.0. The number of hydrogen-bond donors (Lipinski definition) is 1. The molecule has 22 heavy (non-hydrogen) atoms. The van der Waals surface area contributed by atoms with Gasteiger partial charge in [-0.15, -0.1) is 10.2 Å². The number of nitrogens with zero attached hydrogens (tertiary/aromatic N) is 3. The molecule has 6 heteroatoms. The highest BCUT2D eigenvalue weighted by atomic mass is 16.6. The molecule has 0 saturated carbocycles. The fourth-order valence-electron chi connectivity index (χ4n) is 2.36. The van der Waals surface area contributed by atoms with Gasteiger partial charge in [-0.1, -0.05) is 30.3 Å². The van der Waals surface area contributed by atoms with Crippen LogP contribution >= 0.6 is 0 Å². The summed E-state index contributed by atoms with van der Waals surface area (Å²) in [5.41, 5.74) is 0.484. The third-order valence-electron chi connectivity index (χ3n) is 3.51. The van der Waals surface area contributed by atoms with Gasteiger partial charge >= 0.3 is 6.09 Å². The molecule has 2 heterocycles. The minimum atomic E-state index is -0.492. The summed E-state index contributed by atoms with van der Waals surface area (Å²) in [5.74, 6) is 1.42. The number of aromatic nitrogens is 3. The third-order valence-corrected chi connectivity index (χ3v) is 3.51. The normalized spacial score (nSPS) is 18.0. The van der Waals surface area contributed by atoms with Gasteiger partial charge in [0.2, 0.25) is 0 Å². The lowest BCUT2D eigenvalue weighted by Gasteiger charge is -2.39. The molecule has 0 bridgehead atoms. The number of aromatic amines is 1. The summed E-state index contributed by atoms with van der Waals surface area (Å²) in [6, 6.07) is 9.71. The highest BCUT2D eigenvalue weighted by Gasteiger charge is 2.38. The van der Waals surface area contributed by atoms with Crippen molar-refractivity contribution < 1.29 is 9.53 Å². The monoisotopic (exact) mass is 300 g/mol. The van der Waals surface area contributed by atoms with Gasteiger partial charge in [-0.3, -0.25) is 4.90 Å². The van der Waals surface area contributed by atoms with Crippen molar-refractivity contribution in [2.75, 3.05) is 6.54 Å². The average Bonchev–Trinajstić information content (AvgIpc) is 2.85. The zero-order valence-corrected chi connectivity index (χ0v) is 13.0. The first kappa shape index (κ1) is 14.6. The topological polar surface area (TPSA) is 71.1 Å². The van der Waals surface area contributed by atoms with E-state index in [1.54, 1.807) is 4.90 Å². The van der Waals surface area contributed by atoms with Gasteiger partial charge in [0, 0.05) is 12.1 Å². The molecule has 1 atom stereocenters. The summed E-state index contributed by atoms with van der Waals surface area (Å²) in [5, 5.41) is 8.36. The number of rotatable bonds is 2. The largest absolute Gasteiger partial charge is 0.444 e. The summed E-state index contributed by atoms with van der Waals surface area (Å²) in [6.45, 7) is 6.27. The second-order valence-corrected chi connectivity index (χ2v) is 6.40. The molecule has 1 amide bonds. The second kappa shape index (κ2) is 5.44. The van der Waals surface area contributed by atoms with Crippen LogP contribution in [0.15, 0.2) is 30.3 Å². The van der Waals surface area contributed by atoms with Crippen LogP contribution in [0, 0.1) is 0 Å². The van der Waals surface area contributed by atoms with Crippen LogP contribution in [-0.4, -0.2) is 38.3 Å². The quantitative estimate of drug-likeness (QED) is 0.924. The maximum Gasteiger partial charge on any atom is 0.410 e. The number of hydrogen-bond acceptors (Lipinski definition) is 4. The molecule has 1 aliphatic rings. The lowest BCUT2D eigenvalue weighted by Crippen LogP contribution is -2.47. The Hall–Kier alpha value is -2.37. The average molecular weight is 300 g/mol. The number of carbonyl (C=O) groups is 1. The molecule has 1 aliphatic heterocycles. The van der Waals surface area contributed by atoms with E-state index in [0.717, 1.165) is 12.0 Å². The number of benzene rings is 1. The summed E-state index contributed by atoms with van der Waals surface area (Å²) >= 11 is 0. The Morgan fingerprint density at radius 3 is 2.59 bits per heavy atom. The van der Waals surface area contributed by atoms with Crippen molar-refractivity contribution in [2.24, 2.45) is 0 Å². The molecule has 1 aromatic heterocycles. The Bertz CT molecular complexity index is 660. The van der Waals surface area contributed by atoms with Gasteiger partial charge in [-0.05, 0) is 27.2 Å². The number of ether oxygens (including phenoxy) is 1. The van der Waals surface area contributed by atoms with E-state index < -0.39 is 5.60 Å².